The lowest BCUT2D eigenvalue weighted by Gasteiger charge is -2.07. The second-order valence-corrected chi connectivity index (χ2v) is 3.62. The van der Waals surface area contributed by atoms with E-state index in [1.165, 1.54) is 5.56 Å². The average molecular weight is 209 g/mol. The smallest absolute Gasteiger partial charge is 0.115 e. The first-order chi connectivity index (χ1) is 7.81. The van der Waals surface area contributed by atoms with Crippen LogP contribution >= 0.6 is 0 Å². The summed E-state index contributed by atoms with van der Waals surface area (Å²) >= 11 is 0. The van der Waals surface area contributed by atoms with Gasteiger partial charge in [-0.1, -0.05) is 29.8 Å². The fraction of sp³-hybridized carbons (Fsp3) is 0.154. The second-order valence-electron chi connectivity index (χ2n) is 3.62. The van der Waals surface area contributed by atoms with Gasteiger partial charge in [0.2, 0.25) is 0 Å². The monoisotopic (exact) mass is 209 g/mol. The molecule has 1 aromatic heterocycles. The number of aryl methyl sites for hydroxylation is 1. The molecule has 0 fully saturated rings. The Morgan fingerprint density at radius 2 is 1.94 bits per heavy atom. The summed E-state index contributed by atoms with van der Waals surface area (Å²) in [7, 11) is 0. The van der Waals surface area contributed by atoms with Crippen LogP contribution in [-0.4, -0.2) is 10.2 Å². The normalized spacial score (nSPS) is 11.8. The molecule has 2 aromatic rings. The third kappa shape index (κ3) is 2.06. The zero-order valence-corrected chi connectivity index (χ0v) is 8.96. The maximum atomic E-state index is 9.18. The average Bonchev–Trinajstić information content (AvgIpc) is 2.34. The molecular weight excluding hydrogens is 198 g/mol. The molecule has 0 aliphatic heterocycles. The van der Waals surface area contributed by atoms with Crippen LogP contribution in [0.25, 0.3) is 0 Å². The molecule has 1 heterocycles. The molecule has 1 atom stereocenters. The van der Waals surface area contributed by atoms with Crippen LogP contribution in [0.5, 0.6) is 0 Å². The first-order valence-corrected chi connectivity index (χ1v) is 5.05. The van der Waals surface area contributed by atoms with E-state index in [2.05, 4.69) is 16.3 Å². The molecule has 16 heavy (non-hydrogen) atoms. The lowest BCUT2D eigenvalue weighted by Crippen LogP contribution is -2.01. The first-order valence-electron chi connectivity index (χ1n) is 5.05. The minimum Gasteiger partial charge on any atom is -0.197 e. The zero-order valence-electron chi connectivity index (χ0n) is 8.96. The Kier molecular flexibility index (Phi) is 2.93. The van der Waals surface area contributed by atoms with E-state index < -0.39 is 0 Å². The van der Waals surface area contributed by atoms with Crippen molar-refractivity contribution in [1.82, 2.24) is 10.2 Å². The molecule has 0 amide bonds. The number of nitrogens with zero attached hydrogens (tertiary/aromatic N) is 3. The number of nitriles is 1. The quantitative estimate of drug-likeness (QED) is 0.763. The van der Waals surface area contributed by atoms with Crippen molar-refractivity contribution in [3.8, 4) is 6.07 Å². The van der Waals surface area contributed by atoms with E-state index in [1.54, 1.807) is 12.3 Å². The Hall–Kier alpha value is -2.21. The molecule has 0 spiro atoms. The van der Waals surface area contributed by atoms with Gasteiger partial charge < -0.3 is 0 Å². The Bertz CT molecular complexity index is 497. The van der Waals surface area contributed by atoms with Gasteiger partial charge in [0.25, 0.3) is 0 Å². The summed E-state index contributed by atoms with van der Waals surface area (Å²) in [4.78, 5) is 0. The van der Waals surface area contributed by atoms with Gasteiger partial charge in [-0.2, -0.15) is 15.5 Å². The Morgan fingerprint density at radius 1 is 1.19 bits per heavy atom. The highest BCUT2D eigenvalue weighted by atomic mass is 15.1. The van der Waals surface area contributed by atoms with Crippen molar-refractivity contribution in [1.29, 1.82) is 5.26 Å². The van der Waals surface area contributed by atoms with Crippen molar-refractivity contribution in [3.05, 3.63) is 59.4 Å². The SMILES string of the molecule is Cc1ccc(C(C#N)c2cccnn2)cc1. The molecule has 78 valence electrons. The summed E-state index contributed by atoms with van der Waals surface area (Å²) in [6.45, 7) is 2.02. The van der Waals surface area contributed by atoms with Crippen LogP contribution in [0.2, 0.25) is 0 Å². The van der Waals surface area contributed by atoms with Gasteiger partial charge in [-0.15, -0.1) is 0 Å². The van der Waals surface area contributed by atoms with Crippen LogP contribution in [0.3, 0.4) is 0 Å². The van der Waals surface area contributed by atoms with Crippen LogP contribution in [0.1, 0.15) is 22.7 Å². The number of hydrogen-bond acceptors (Lipinski definition) is 3. The standard InChI is InChI=1S/C13H11N3/c1-10-4-6-11(7-5-10)12(9-14)13-3-2-8-15-16-13/h2-8,12H,1H3. The third-order valence-electron chi connectivity index (χ3n) is 2.43. The van der Waals surface area contributed by atoms with Crippen molar-refractivity contribution in [2.24, 2.45) is 0 Å². The van der Waals surface area contributed by atoms with Crippen molar-refractivity contribution < 1.29 is 0 Å². The fourth-order valence-corrected chi connectivity index (χ4v) is 1.54. The molecule has 3 nitrogen and oxygen atoms in total. The molecule has 0 saturated heterocycles. The van der Waals surface area contributed by atoms with Gasteiger partial charge in [0.15, 0.2) is 0 Å². The molecule has 2 rings (SSSR count). The van der Waals surface area contributed by atoms with E-state index in [0.717, 1.165) is 5.56 Å². The van der Waals surface area contributed by atoms with Gasteiger partial charge in [-0.05, 0) is 24.6 Å². The Labute approximate surface area is 94.4 Å². The maximum Gasteiger partial charge on any atom is 0.115 e. The van der Waals surface area contributed by atoms with Crippen LogP contribution in [0.15, 0.2) is 42.6 Å². The molecular formula is C13H11N3. The van der Waals surface area contributed by atoms with Crippen molar-refractivity contribution in [2.45, 2.75) is 12.8 Å². The second kappa shape index (κ2) is 4.54. The molecule has 0 N–H and O–H groups in total. The molecule has 3 heteroatoms. The summed E-state index contributed by atoms with van der Waals surface area (Å²) in [5, 5.41) is 17.0. The Morgan fingerprint density at radius 3 is 2.50 bits per heavy atom. The van der Waals surface area contributed by atoms with Gasteiger partial charge >= 0.3 is 0 Å². The van der Waals surface area contributed by atoms with Gasteiger partial charge in [0.1, 0.15) is 5.92 Å². The maximum absolute atomic E-state index is 9.18. The van der Waals surface area contributed by atoms with E-state index in [0.29, 0.717) is 5.69 Å². The van der Waals surface area contributed by atoms with Gasteiger partial charge in [-0.25, -0.2) is 0 Å². The first kappa shape index (κ1) is 10.3. The van der Waals surface area contributed by atoms with Crippen LogP contribution in [0.4, 0.5) is 0 Å². The molecule has 0 aliphatic carbocycles. The van der Waals surface area contributed by atoms with E-state index in [1.807, 2.05) is 37.3 Å². The lowest BCUT2D eigenvalue weighted by atomic mass is 9.96. The number of rotatable bonds is 2. The zero-order chi connectivity index (χ0) is 11.4. The number of benzene rings is 1. The molecule has 1 unspecified atom stereocenters. The number of hydrogen-bond donors (Lipinski definition) is 0. The van der Waals surface area contributed by atoms with E-state index in [9.17, 15) is 5.26 Å². The summed E-state index contributed by atoms with van der Waals surface area (Å²) < 4.78 is 0. The highest BCUT2D eigenvalue weighted by Gasteiger charge is 2.14. The predicted octanol–water partition coefficient (Wildman–Crippen LogP) is 2.44. The molecule has 0 bridgehead atoms. The van der Waals surface area contributed by atoms with Crippen LogP contribution in [0, 0.1) is 18.3 Å². The third-order valence-corrected chi connectivity index (χ3v) is 2.43. The molecule has 0 radical (unpaired) electrons. The van der Waals surface area contributed by atoms with E-state index >= 15 is 0 Å². The van der Waals surface area contributed by atoms with Crippen LogP contribution in [-0.2, 0) is 0 Å². The predicted molar refractivity (Wildman–Crippen MR) is 60.7 cm³/mol. The lowest BCUT2D eigenvalue weighted by molar-refractivity contribution is 0.884. The minimum atomic E-state index is -0.339. The van der Waals surface area contributed by atoms with Crippen molar-refractivity contribution in [3.63, 3.8) is 0 Å². The van der Waals surface area contributed by atoms with Gasteiger partial charge in [0, 0.05) is 6.20 Å². The minimum absolute atomic E-state index is 0.339. The van der Waals surface area contributed by atoms with Crippen LogP contribution < -0.4 is 0 Å². The highest BCUT2D eigenvalue weighted by Crippen LogP contribution is 2.21. The van der Waals surface area contributed by atoms with E-state index in [-0.39, 0.29) is 5.92 Å². The summed E-state index contributed by atoms with van der Waals surface area (Å²) in [6.07, 6.45) is 1.60. The largest absolute Gasteiger partial charge is 0.197 e. The molecule has 1 aromatic carbocycles. The molecule has 0 aliphatic rings. The number of aromatic nitrogens is 2. The Balaban J connectivity index is 2.38. The highest BCUT2D eigenvalue weighted by molar-refractivity contribution is 5.35. The fourth-order valence-electron chi connectivity index (χ4n) is 1.54. The van der Waals surface area contributed by atoms with Gasteiger partial charge in [0.05, 0.1) is 11.8 Å². The summed E-state index contributed by atoms with van der Waals surface area (Å²) in [5.41, 5.74) is 2.82. The summed E-state index contributed by atoms with van der Waals surface area (Å²) in [5.74, 6) is -0.339. The van der Waals surface area contributed by atoms with Crippen molar-refractivity contribution in [2.75, 3.05) is 0 Å². The van der Waals surface area contributed by atoms with Crippen molar-refractivity contribution >= 4 is 0 Å². The van der Waals surface area contributed by atoms with Gasteiger partial charge in [-0.3, -0.25) is 0 Å². The summed E-state index contributed by atoms with van der Waals surface area (Å²) in [6, 6.07) is 13.8. The van der Waals surface area contributed by atoms with E-state index in [4.69, 9.17) is 0 Å². The molecule has 0 saturated carbocycles. The topological polar surface area (TPSA) is 49.6 Å².